The van der Waals surface area contributed by atoms with E-state index in [2.05, 4.69) is 20.8 Å². The Morgan fingerprint density at radius 1 is 1.00 bits per heavy atom. The molecule has 4 aliphatic rings. The standard InChI is InChI=1S/C24H43N3O4/c1-14(4-5-18(30)31)16-7-9-23(26)19-17(29)13-22(25)12-15(28)6-8-21(22,3)24(19,27)11-10-20(16,23)2/h14-17,19,28-29H,4-13,25-27H2,1-3H3,(H,30,31)/t14-,15-,16?,17-,19+,20?,21?,22?,23-,24-/m1/s1. The Labute approximate surface area is 186 Å². The maximum Gasteiger partial charge on any atom is 0.303 e. The van der Waals surface area contributed by atoms with E-state index >= 15 is 0 Å². The van der Waals surface area contributed by atoms with Crippen molar-refractivity contribution in [2.24, 2.45) is 45.8 Å². The predicted octanol–water partition coefficient (Wildman–Crippen LogP) is 1.72. The average molecular weight is 438 g/mol. The second-order valence-electron chi connectivity index (χ2n) is 12.2. The maximum atomic E-state index is 11.5. The second-order valence-corrected chi connectivity index (χ2v) is 12.2. The van der Waals surface area contributed by atoms with Crippen LogP contribution in [0.2, 0.25) is 0 Å². The molecule has 4 unspecified atom stereocenters. The summed E-state index contributed by atoms with van der Waals surface area (Å²) in [5, 5.41) is 31.0. The number of nitrogens with two attached hydrogens (primary N) is 3. The van der Waals surface area contributed by atoms with Crippen LogP contribution in [0.25, 0.3) is 0 Å². The number of carboxylic acids is 1. The van der Waals surface area contributed by atoms with Crippen molar-refractivity contribution in [1.82, 2.24) is 0 Å². The van der Waals surface area contributed by atoms with Crippen molar-refractivity contribution in [3.05, 3.63) is 0 Å². The quantitative estimate of drug-likeness (QED) is 0.391. The highest BCUT2D eigenvalue weighted by Crippen LogP contribution is 2.70. The second kappa shape index (κ2) is 7.13. The third-order valence-corrected chi connectivity index (χ3v) is 11.1. The molecule has 31 heavy (non-hydrogen) atoms. The van der Waals surface area contributed by atoms with Crippen molar-refractivity contribution < 1.29 is 20.1 Å². The predicted molar refractivity (Wildman–Crippen MR) is 119 cm³/mol. The number of carboxylic acid groups (broad SMARTS) is 1. The number of hydrogen-bond donors (Lipinski definition) is 6. The fourth-order valence-electron chi connectivity index (χ4n) is 9.07. The zero-order valence-electron chi connectivity index (χ0n) is 19.4. The average Bonchev–Trinajstić information content (AvgIpc) is 2.93. The highest BCUT2D eigenvalue weighted by atomic mass is 16.4. The number of aliphatic carboxylic acids is 1. The van der Waals surface area contributed by atoms with Crippen LogP contribution in [0, 0.1) is 28.6 Å². The summed E-state index contributed by atoms with van der Waals surface area (Å²) in [5.41, 5.74) is 19.0. The lowest BCUT2D eigenvalue weighted by molar-refractivity contribution is -0.202. The Balaban J connectivity index is 1.71. The molecule has 0 heterocycles. The molecule has 0 bridgehead atoms. The highest BCUT2D eigenvalue weighted by Gasteiger charge is 2.75. The summed E-state index contributed by atoms with van der Waals surface area (Å²) in [5.74, 6) is -0.439. The molecule has 4 rings (SSSR count). The molecule has 9 N–H and O–H groups in total. The van der Waals surface area contributed by atoms with Crippen LogP contribution in [0.4, 0.5) is 0 Å². The van der Waals surface area contributed by atoms with Gasteiger partial charge in [-0.15, -0.1) is 0 Å². The molecule has 0 aliphatic heterocycles. The summed E-state index contributed by atoms with van der Waals surface area (Å²) in [6.07, 6.45) is 5.33. The lowest BCUT2D eigenvalue weighted by Crippen LogP contribution is -2.85. The van der Waals surface area contributed by atoms with Gasteiger partial charge in [0.1, 0.15) is 0 Å². The number of fused-ring (bicyclic) bond motifs is 5. The summed E-state index contributed by atoms with van der Waals surface area (Å²) in [6, 6.07) is 0. The van der Waals surface area contributed by atoms with Crippen molar-refractivity contribution in [3.8, 4) is 0 Å². The van der Waals surface area contributed by atoms with E-state index < -0.39 is 40.2 Å². The van der Waals surface area contributed by atoms with Crippen LogP contribution in [0.1, 0.15) is 85.0 Å². The minimum absolute atomic E-state index is 0.175. The topological polar surface area (TPSA) is 156 Å². The van der Waals surface area contributed by atoms with Gasteiger partial charge in [0.15, 0.2) is 0 Å². The number of hydrogen-bond acceptors (Lipinski definition) is 6. The molecular formula is C24H43N3O4. The SMILES string of the molecule is C[C@H](CCC(=O)O)C1CC[C@@]2(N)[C@@H]3[C@H](O)CC4(N)C[C@H](O)CCC4(C)[C@@]3(N)CCC12C. The minimum atomic E-state index is -0.756. The zero-order chi connectivity index (χ0) is 23.0. The van der Waals surface area contributed by atoms with Crippen molar-refractivity contribution in [2.75, 3.05) is 0 Å². The fraction of sp³-hybridized carbons (Fsp3) is 0.958. The molecule has 4 aliphatic carbocycles. The highest BCUT2D eigenvalue weighted by molar-refractivity contribution is 5.66. The first-order chi connectivity index (χ1) is 14.2. The molecule has 7 nitrogen and oxygen atoms in total. The monoisotopic (exact) mass is 437 g/mol. The van der Waals surface area contributed by atoms with Gasteiger partial charge in [-0.2, -0.15) is 0 Å². The van der Waals surface area contributed by atoms with E-state index in [-0.39, 0.29) is 23.7 Å². The Morgan fingerprint density at radius 3 is 2.32 bits per heavy atom. The summed E-state index contributed by atoms with van der Waals surface area (Å²) >= 11 is 0. The van der Waals surface area contributed by atoms with Crippen LogP contribution in [0.5, 0.6) is 0 Å². The molecule has 4 fully saturated rings. The van der Waals surface area contributed by atoms with E-state index in [1.165, 1.54) is 0 Å². The largest absolute Gasteiger partial charge is 0.481 e. The molecule has 0 radical (unpaired) electrons. The molecule has 7 heteroatoms. The van der Waals surface area contributed by atoms with Crippen molar-refractivity contribution in [3.63, 3.8) is 0 Å². The Bertz CT molecular complexity index is 750. The molecule has 0 aromatic heterocycles. The zero-order valence-corrected chi connectivity index (χ0v) is 19.4. The van der Waals surface area contributed by atoms with E-state index in [9.17, 15) is 15.0 Å². The Kier molecular flexibility index (Phi) is 5.39. The van der Waals surface area contributed by atoms with Crippen LogP contribution < -0.4 is 17.2 Å². The van der Waals surface area contributed by atoms with Gasteiger partial charge >= 0.3 is 5.97 Å². The van der Waals surface area contributed by atoms with E-state index in [1.54, 1.807) is 0 Å². The van der Waals surface area contributed by atoms with Gasteiger partial charge < -0.3 is 32.5 Å². The first kappa shape index (κ1) is 23.4. The third-order valence-electron chi connectivity index (χ3n) is 11.1. The van der Waals surface area contributed by atoms with Gasteiger partial charge in [-0.3, -0.25) is 4.79 Å². The first-order valence-electron chi connectivity index (χ1n) is 12.2. The van der Waals surface area contributed by atoms with Gasteiger partial charge in [0.05, 0.1) is 12.2 Å². The van der Waals surface area contributed by atoms with Crippen LogP contribution in [0.3, 0.4) is 0 Å². The van der Waals surface area contributed by atoms with E-state index in [0.29, 0.717) is 31.6 Å². The van der Waals surface area contributed by atoms with Crippen LogP contribution >= 0.6 is 0 Å². The summed E-state index contributed by atoms with van der Waals surface area (Å²) in [4.78, 5) is 11.1. The molecule has 0 spiro atoms. The number of aliphatic hydroxyl groups excluding tert-OH is 2. The molecule has 0 amide bonds. The third kappa shape index (κ3) is 2.92. The first-order valence-corrected chi connectivity index (χ1v) is 12.2. The molecule has 0 aromatic rings. The maximum absolute atomic E-state index is 11.5. The van der Waals surface area contributed by atoms with E-state index in [4.69, 9.17) is 22.3 Å². The van der Waals surface area contributed by atoms with E-state index in [0.717, 1.165) is 32.1 Å². The van der Waals surface area contributed by atoms with Gasteiger partial charge in [0.2, 0.25) is 0 Å². The minimum Gasteiger partial charge on any atom is -0.481 e. The summed E-state index contributed by atoms with van der Waals surface area (Å²) < 4.78 is 0. The Hall–Kier alpha value is -0.730. The van der Waals surface area contributed by atoms with Gasteiger partial charge in [0.25, 0.3) is 0 Å². The summed E-state index contributed by atoms with van der Waals surface area (Å²) in [6.45, 7) is 6.58. The van der Waals surface area contributed by atoms with Crippen molar-refractivity contribution >= 4 is 5.97 Å². The summed E-state index contributed by atoms with van der Waals surface area (Å²) in [7, 11) is 0. The van der Waals surface area contributed by atoms with Crippen molar-refractivity contribution in [1.29, 1.82) is 0 Å². The van der Waals surface area contributed by atoms with E-state index in [1.807, 2.05) is 0 Å². The van der Waals surface area contributed by atoms with Gasteiger partial charge in [-0.05, 0) is 75.0 Å². The smallest absolute Gasteiger partial charge is 0.303 e. The van der Waals surface area contributed by atoms with Crippen LogP contribution in [-0.4, -0.2) is 50.1 Å². The van der Waals surface area contributed by atoms with Gasteiger partial charge in [-0.25, -0.2) is 0 Å². The van der Waals surface area contributed by atoms with Crippen molar-refractivity contribution in [2.45, 2.75) is 114 Å². The molecular weight excluding hydrogens is 394 g/mol. The number of aliphatic hydroxyl groups is 2. The lowest BCUT2D eigenvalue weighted by atomic mass is 9.37. The molecule has 0 aromatic carbocycles. The molecule has 4 saturated carbocycles. The van der Waals surface area contributed by atoms with Gasteiger partial charge in [0, 0.05) is 34.4 Å². The molecule has 178 valence electrons. The molecule has 10 atom stereocenters. The van der Waals surface area contributed by atoms with Crippen LogP contribution in [0.15, 0.2) is 0 Å². The number of rotatable bonds is 4. The lowest BCUT2D eigenvalue weighted by Gasteiger charge is -2.72. The normalized spacial score (nSPS) is 55.1. The number of carbonyl (C=O) groups is 1. The fourth-order valence-corrected chi connectivity index (χ4v) is 9.07. The van der Waals surface area contributed by atoms with Gasteiger partial charge in [-0.1, -0.05) is 20.8 Å². The Morgan fingerprint density at radius 2 is 1.68 bits per heavy atom. The molecule has 0 saturated heterocycles. The van der Waals surface area contributed by atoms with Crippen LogP contribution in [-0.2, 0) is 4.79 Å².